The Morgan fingerprint density at radius 1 is 0.652 bits per heavy atom. The van der Waals surface area contributed by atoms with Crippen molar-refractivity contribution in [2.75, 3.05) is 0 Å². The second-order valence-corrected chi connectivity index (χ2v) is 5.07. The molecule has 0 fully saturated rings. The highest BCUT2D eigenvalue weighted by molar-refractivity contribution is 5.18. The second-order valence-electron chi connectivity index (χ2n) is 5.07. The third-order valence-corrected chi connectivity index (χ3v) is 3.19. The third-order valence-electron chi connectivity index (χ3n) is 3.19. The first-order chi connectivity index (χ1) is 9.17. The maximum Gasteiger partial charge on any atom is -0.0193 e. The van der Waals surface area contributed by atoms with Gasteiger partial charge in [-0.25, -0.2) is 0 Å². The molecule has 0 heteroatoms. The van der Waals surface area contributed by atoms with Gasteiger partial charge in [0.15, 0.2) is 0 Å². The molecule has 1 unspecified atom stereocenters. The van der Waals surface area contributed by atoms with Gasteiger partial charge in [-0.2, -0.15) is 0 Å². The topological polar surface area (TPSA) is 0 Å². The van der Waals surface area contributed by atoms with Gasteiger partial charge >= 0.3 is 0 Å². The van der Waals surface area contributed by atoms with Gasteiger partial charge in [-0.1, -0.05) is 134 Å². The summed E-state index contributed by atoms with van der Waals surface area (Å²) in [6.45, 7) is 13.3. The van der Waals surface area contributed by atoms with Gasteiger partial charge in [-0.3, -0.25) is 0 Å². The third kappa shape index (κ3) is 29.8. The van der Waals surface area contributed by atoms with Gasteiger partial charge in [-0.05, 0) is 17.9 Å². The van der Waals surface area contributed by atoms with E-state index in [9.17, 15) is 0 Å². The van der Waals surface area contributed by atoms with Crippen molar-refractivity contribution < 1.29 is 0 Å². The summed E-state index contributed by atoms with van der Waals surface area (Å²) in [5.41, 5.74) is 1.45. The Bertz CT molecular complexity index is 233. The normalized spacial score (nSPS) is 8.78. The lowest BCUT2D eigenvalue weighted by Crippen LogP contribution is -1.88. The van der Waals surface area contributed by atoms with E-state index in [0.29, 0.717) is 5.92 Å². The molecule has 0 spiro atoms. The fraction of sp³-hybridized carbons (Fsp3) is 0.739. The predicted molar refractivity (Wildman–Crippen MR) is 118 cm³/mol. The zero-order valence-electron chi connectivity index (χ0n) is 14.2. The van der Waals surface area contributed by atoms with E-state index in [4.69, 9.17) is 0 Å². The number of unbranched alkanes of at least 4 members (excludes halogenated alkanes) is 3. The van der Waals surface area contributed by atoms with E-state index in [1.807, 2.05) is 0 Å². The Morgan fingerprint density at radius 2 is 1.04 bits per heavy atom. The number of rotatable bonds is 5. The first kappa shape index (κ1) is 38.0. The molecule has 0 heterocycles. The lowest BCUT2D eigenvalue weighted by atomic mass is 9.99. The molecule has 144 valence electrons. The number of hydrogen-bond acceptors (Lipinski definition) is 0. The van der Waals surface area contributed by atoms with Gasteiger partial charge in [0.2, 0.25) is 0 Å². The molecule has 0 nitrogen and oxygen atoms in total. The first-order valence-electron chi connectivity index (χ1n) is 8.22. The molecule has 0 aromatic heterocycles. The summed E-state index contributed by atoms with van der Waals surface area (Å²) in [5.74, 6) is 0.709. The fourth-order valence-corrected chi connectivity index (χ4v) is 1.37. The maximum absolute atomic E-state index is 2.26. The Hall–Kier alpha value is -0.780. The summed E-state index contributed by atoms with van der Waals surface area (Å²) in [4.78, 5) is 0. The SMILES string of the molecule is C.C.C.C.CCC(C)c1ccccc1.CCCC.CCCCC. The highest BCUT2D eigenvalue weighted by Gasteiger charge is 1.98. The highest BCUT2D eigenvalue weighted by Crippen LogP contribution is 2.16. The van der Waals surface area contributed by atoms with Crippen LogP contribution in [0.2, 0.25) is 0 Å². The fourth-order valence-electron chi connectivity index (χ4n) is 1.37. The quantitative estimate of drug-likeness (QED) is 0.504. The minimum absolute atomic E-state index is 0. The molecular formula is C23H52. The molecule has 0 saturated carbocycles. The van der Waals surface area contributed by atoms with Crippen LogP contribution in [0, 0.1) is 0 Å². The lowest BCUT2D eigenvalue weighted by molar-refractivity contribution is 0.733. The van der Waals surface area contributed by atoms with Gasteiger partial charge in [0.05, 0.1) is 0 Å². The predicted octanol–water partition coefficient (Wildman–Crippen LogP) is 9.75. The van der Waals surface area contributed by atoms with Crippen molar-refractivity contribution in [1.29, 1.82) is 0 Å². The molecule has 0 aliphatic carbocycles. The molecule has 1 aromatic rings. The Kier molecular flexibility index (Phi) is 54.5. The van der Waals surface area contributed by atoms with Crippen molar-refractivity contribution in [3.8, 4) is 0 Å². The zero-order valence-corrected chi connectivity index (χ0v) is 14.2. The van der Waals surface area contributed by atoms with Gasteiger partial charge in [0, 0.05) is 0 Å². The van der Waals surface area contributed by atoms with Crippen LogP contribution in [-0.4, -0.2) is 0 Å². The van der Waals surface area contributed by atoms with Gasteiger partial charge in [-0.15, -0.1) is 0 Å². The van der Waals surface area contributed by atoms with E-state index in [0.717, 1.165) is 0 Å². The molecule has 23 heavy (non-hydrogen) atoms. The van der Waals surface area contributed by atoms with Gasteiger partial charge in [0.25, 0.3) is 0 Å². The van der Waals surface area contributed by atoms with Crippen LogP contribution in [0.15, 0.2) is 30.3 Å². The standard InChI is InChI=1S/C10H14.C5H12.C4H10.4CH4/c1-3-9(2)10-7-5-4-6-8-10;1-3-5-4-2;1-3-4-2;;;;/h4-9H,3H2,1-2H3;3-5H2,1-2H3;3-4H2,1-2H3;4*1H4. The molecule has 1 aromatic carbocycles. The summed E-state index contributed by atoms with van der Waals surface area (Å²) in [7, 11) is 0. The van der Waals surface area contributed by atoms with Crippen LogP contribution in [0.25, 0.3) is 0 Å². The Morgan fingerprint density at radius 3 is 1.26 bits per heavy atom. The van der Waals surface area contributed by atoms with Crippen molar-refractivity contribution in [3.05, 3.63) is 35.9 Å². The summed E-state index contributed by atoms with van der Waals surface area (Å²) < 4.78 is 0. The van der Waals surface area contributed by atoms with Crippen molar-refractivity contribution in [2.45, 2.75) is 116 Å². The molecule has 0 saturated heterocycles. The molecule has 0 amide bonds. The van der Waals surface area contributed by atoms with Gasteiger partial charge < -0.3 is 0 Å². The van der Waals surface area contributed by atoms with Crippen LogP contribution in [0.4, 0.5) is 0 Å². The monoisotopic (exact) mass is 328 g/mol. The van der Waals surface area contributed by atoms with E-state index in [1.165, 1.54) is 44.1 Å². The van der Waals surface area contributed by atoms with Gasteiger partial charge in [0.1, 0.15) is 0 Å². The Labute approximate surface area is 152 Å². The molecule has 0 aliphatic rings. The van der Waals surface area contributed by atoms with Crippen LogP contribution < -0.4 is 0 Å². The molecule has 1 atom stereocenters. The highest BCUT2D eigenvalue weighted by atomic mass is 14.0. The van der Waals surface area contributed by atoms with Crippen LogP contribution in [0.5, 0.6) is 0 Å². The summed E-state index contributed by atoms with van der Waals surface area (Å²) in [6, 6.07) is 10.6. The average molecular weight is 329 g/mol. The van der Waals surface area contributed by atoms with Crippen LogP contribution in [0.3, 0.4) is 0 Å². The summed E-state index contributed by atoms with van der Waals surface area (Å²) in [6.07, 6.45) is 7.94. The van der Waals surface area contributed by atoms with Crippen molar-refractivity contribution >= 4 is 0 Å². The molecule has 1 rings (SSSR count). The molecule has 0 bridgehead atoms. The van der Waals surface area contributed by atoms with E-state index in [2.05, 4.69) is 71.9 Å². The molecule has 0 N–H and O–H groups in total. The van der Waals surface area contributed by atoms with Crippen molar-refractivity contribution in [2.24, 2.45) is 0 Å². The number of hydrogen-bond donors (Lipinski definition) is 0. The zero-order chi connectivity index (χ0) is 14.9. The van der Waals surface area contributed by atoms with Crippen LogP contribution in [0.1, 0.15) is 121 Å². The maximum atomic E-state index is 2.26. The second kappa shape index (κ2) is 33.0. The summed E-state index contributed by atoms with van der Waals surface area (Å²) >= 11 is 0. The van der Waals surface area contributed by atoms with E-state index in [-0.39, 0.29) is 29.7 Å². The number of benzene rings is 1. The van der Waals surface area contributed by atoms with Crippen molar-refractivity contribution in [3.63, 3.8) is 0 Å². The lowest BCUT2D eigenvalue weighted by Gasteiger charge is -2.06. The minimum Gasteiger partial charge on any atom is -0.0776 e. The van der Waals surface area contributed by atoms with Crippen LogP contribution >= 0.6 is 0 Å². The van der Waals surface area contributed by atoms with E-state index in [1.54, 1.807) is 0 Å². The average Bonchev–Trinajstić information content (AvgIpc) is 2.49. The summed E-state index contributed by atoms with van der Waals surface area (Å²) in [5, 5.41) is 0. The largest absolute Gasteiger partial charge is 0.0776 e. The molecule has 0 radical (unpaired) electrons. The van der Waals surface area contributed by atoms with E-state index >= 15 is 0 Å². The molecule has 0 aliphatic heterocycles. The van der Waals surface area contributed by atoms with Crippen LogP contribution in [-0.2, 0) is 0 Å². The minimum atomic E-state index is 0. The van der Waals surface area contributed by atoms with E-state index < -0.39 is 0 Å². The molecular weight excluding hydrogens is 276 g/mol. The smallest absolute Gasteiger partial charge is 0.0193 e. The first-order valence-corrected chi connectivity index (χ1v) is 8.22. The van der Waals surface area contributed by atoms with Crippen molar-refractivity contribution in [1.82, 2.24) is 0 Å². The Balaban J connectivity index is -0.0000000488.